The maximum atomic E-state index is 14.6. The third kappa shape index (κ3) is 3.62. The van der Waals surface area contributed by atoms with Crippen LogP contribution in [0.2, 0.25) is 0 Å². The summed E-state index contributed by atoms with van der Waals surface area (Å²) in [5, 5.41) is 0. The first-order chi connectivity index (χ1) is 16.0. The first kappa shape index (κ1) is 27.2. The van der Waals surface area contributed by atoms with Crippen LogP contribution in [0.25, 0.3) is 0 Å². The van der Waals surface area contributed by atoms with Crippen molar-refractivity contribution in [3.8, 4) is 0 Å². The summed E-state index contributed by atoms with van der Waals surface area (Å²) >= 11 is -5.56. The van der Waals surface area contributed by atoms with Crippen LogP contribution in [0, 0.1) is 87.3 Å². The quantitative estimate of drug-likeness (QED) is 0.159. The number of hydrogen-bond donors (Lipinski definition) is 0. The molecule has 17 heteroatoms. The zero-order valence-electron chi connectivity index (χ0n) is 15.5. The van der Waals surface area contributed by atoms with Crippen molar-refractivity contribution in [3.05, 3.63) is 87.3 Å². The average molecular weight is 654 g/mol. The van der Waals surface area contributed by atoms with Crippen molar-refractivity contribution in [1.82, 2.24) is 0 Å². The van der Waals surface area contributed by atoms with E-state index < -0.39 is 112 Å². The average Bonchev–Trinajstić information content (AvgIpc) is 2.81. The maximum absolute atomic E-state index is 14.6. The zero-order chi connectivity index (χ0) is 26.9. The van der Waals surface area contributed by atoms with Crippen molar-refractivity contribution in [2.45, 2.75) is 0 Å². The molecule has 0 fully saturated rings. The SMILES string of the molecule is Fc1c(F)c(F)[c]([Ge]([Br])([c]2c(F)c(F)c(F)c(F)c2F)[c]2c(F)c(F)c(F)c(F)c2F)c(F)c1F. The van der Waals surface area contributed by atoms with Gasteiger partial charge in [-0.3, -0.25) is 0 Å². The van der Waals surface area contributed by atoms with Crippen LogP contribution in [0.5, 0.6) is 0 Å². The summed E-state index contributed by atoms with van der Waals surface area (Å²) in [4.78, 5) is 0. The molecule has 0 aliphatic heterocycles. The van der Waals surface area contributed by atoms with Gasteiger partial charge in [-0.2, -0.15) is 0 Å². The summed E-state index contributed by atoms with van der Waals surface area (Å²) < 4.78 is 204. The van der Waals surface area contributed by atoms with Crippen LogP contribution in [-0.2, 0) is 0 Å². The number of benzene rings is 3. The Morgan fingerprint density at radius 2 is 0.371 bits per heavy atom. The van der Waals surface area contributed by atoms with E-state index in [0.29, 0.717) is 0 Å². The fraction of sp³-hybridized carbons (Fsp3) is 0. The van der Waals surface area contributed by atoms with Crippen LogP contribution >= 0.6 is 14.0 Å². The van der Waals surface area contributed by atoms with Crippen LogP contribution in [0.3, 0.4) is 0 Å². The fourth-order valence-electron chi connectivity index (χ4n) is 3.10. The van der Waals surface area contributed by atoms with E-state index in [1.54, 1.807) is 0 Å². The van der Waals surface area contributed by atoms with Gasteiger partial charge in [0.1, 0.15) is 0 Å². The Kier molecular flexibility index (Phi) is 6.95. The van der Waals surface area contributed by atoms with Gasteiger partial charge < -0.3 is 0 Å². The Balaban J connectivity index is 2.78. The van der Waals surface area contributed by atoms with Crippen LogP contribution < -0.4 is 13.2 Å². The number of halogens is 16. The molecule has 3 aromatic carbocycles. The van der Waals surface area contributed by atoms with Crippen molar-refractivity contribution in [2.75, 3.05) is 0 Å². The molecule has 0 N–H and O–H groups in total. The van der Waals surface area contributed by atoms with Crippen LogP contribution in [0.15, 0.2) is 0 Å². The van der Waals surface area contributed by atoms with E-state index in [9.17, 15) is 65.9 Å². The standard InChI is InChI=1S/C18BrF15Ge/c19-35(16-10(29)4(23)1(20)5(24)11(16)30,17-12(31)6(25)2(21)7(26)13(17)32)18-14(33)8(27)3(22)9(28)15(18)34. The van der Waals surface area contributed by atoms with Gasteiger partial charge in [-0.15, -0.1) is 0 Å². The summed E-state index contributed by atoms with van der Waals surface area (Å²) in [6.45, 7) is 0. The molecule has 3 rings (SSSR count). The molecule has 0 saturated heterocycles. The van der Waals surface area contributed by atoms with Gasteiger partial charge in [0.05, 0.1) is 0 Å². The molecule has 0 spiro atoms. The third-order valence-corrected chi connectivity index (χ3v) is 17.9. The molecule has 0 atom stereocenters. The van der Waals surface area contributed by atoms with E-state index in [2.05, 4.69) is 0 Å². The van der Waals surface area contributed by atoms with Crippen molar-refractivity contribution in [1.29, 1.82) is 0 Å². The topological polar surface area (TPSA) is 0 Å². The van der Waals surface area contributed by atoms with Crippen molar-refractivity contribution in [3.63, 3.8) is 0 Å². The Bertz CT molecular complexity index is 1170. The predicted octanol–water partition coefficient (Wildman–Crippen LogP) is 5.13. The second-order valence-electron chi connectivity index (χ2n) is 6.49. The van der Waals surface area contributed by atoms with Crippen molar-refractivity contribution < 1.29 is 65.9 Å². The first-order valence-electron chi connectivity index (χ1n) is 8.27. The summed E-state index contributed by atoms with van der Waals surface area (Å²) in [5.74, 6) is -45.0. The molecule has 0 radical (unpaired) electrons. The van der Waals surface area contributed by atoms with Crippen LogP contribution in [0.1, 0.15) is 0 Å². The molecule has 0 bridgehead atoms. The molecular weight excluding hydrogens is 654 g/mol. The van der Waals surface area contributed by atoms with Crippen LogP contribution in [-0.4, -0.2) is 11.4 Å². The summed E-state index contributed by atoms with van der Waals surface area (Å²) in [6, 6.07) is 0. The molecule has 0 saturated carbocycles. The van der Waals surface area contributed by atoms with E-state index >= 15 is 0 Å². The molecule has 0 aromatic heterocycles. The zero-order valence-corrected chi connectivity index (χ0v) is 19.2. The van der Waals surface area contributed by atoms with E-state index in [1.165, 1.54) is 0 Å². The molecule has 0 aliphatic carbocycles. The molecule has 35 heavy (non-hydrogen) atoms. The molecule has 3 aromatic rings. The molecule has 0 amide bonds. The Hall–Kier alpha value is -2.37. The van der Waals surface area contributed by atoms with Crippen molar-refractivity contribution in [2.24, 2.45) is 0 Å². The fourth-order valence-corrected chi connectivity index (χ4v) is 15.3. The van der Waals surface area contributed by atoms with E-state index in [-0.39, 0.29) is 0 Å². The van der Waals surface area contributed by atoms with Gasteiger partial charge in [0.2, 0.25) is 0 Å². The normalized spacial score (nSPS) is 12.0. The second-order valence-corrected chi connectivity index (χ2v) is 18.6. The van der Waals surface area contributed by atoms with Gasteiger partial charge in [-0.05, 0) is 0 Å². The molecule has 0 aliphatic rings. The first-order valence-corrected chi connectivity index (χ1v) is 16.3. The molecule has 0 heterocycles. The van der Waals surface area contributed by atoms with E-state index in [1.807, 2.05) is 14.0 Å². The minimum atomic E-state index is -7.53. The van der Waals surface area contributed by atoms with Crippen molar-refractivity contribution >= 4 is 38.6 Å². The van der Waals surface area contributed by atoms with Gasteiger partial charge in [0, 0.05) is 0 Å². The molecule has 0 nitrogen and oxygen atoms in total. The van der Waals surface area contributed by atoms with Gasteiger partial charge in [0.25, 0.3) is 0 Å². The molecule has 0 unspecified atom stereocenters. The van der Waals surface area contributed by atoms with Gasteiger partial charge in [-0.1, -0.05) is 0 Å². The van der Waals surface area contributed by atoms with E-state index in [0.717, 1.165) is 0 Å². The predicted molar refractivity (Wildman–Crippen MR) is 92.3 cm³/mol. The molecule has 188 valence electrons. The summed E-state index contributed by atoms with van der Waals surface area (Å²) in [6.07, 6.45) is 0. The van der Waals surface area contributed by atoms with Gasteiger partial charge >= 0.3 is 192 Å². The van der Waals surface area contributed by atoms with E-state index in [4.69, 9.17) is 0 Å². The Labute approximate surface area is 191 Å². The minimum absolute atomic E-state index is 1.97. The summed E-state index contributed by atoms with van der Waals surface area (Å²) in [5.41, 5.74) is 0. The Morgan fingerprint density at radius 1 is 0.257 bits per heavy atom. The Morgan fingerprint density at radius 3 is 0.514 bits per heavy atom. The van der Waals surface area contributed by atoms with Gasteiger partial charge in [-0.25, -0.2) is 0 Å². The second kappa shape index (κ2) is 8.94. The van der Waals surface area contributed by atoms with Crippen LogP contribution in [0.4, 0.5) is 65.9 Å². The van der Waals surface area contributed by atoms with Gasteiger partial charge in [0.15, 0.2) is 0 Å². The monoisotopic (exact) mass is 654 g/mol. The third-order valence-electron chi connectivity index (χ3n) is 4.66. The molecular formula is C18BrF15Ge. The number of rotatable bonds is 3. The number of hydrogen-bond acceptors (Lipinski definition) is 0. The summed E-state index contributed by atoms with van der Waals surface area (Å²) in [7, 11) is 0.